The number of hydrogen-bond acceptors (Lipinski definition) is 4. The lowest BCUT2D eigenvalue weighted by molar-refractivity contribution is -0.118. The molecule has 6 heteroatoms. The molecule has 0 radical (unpaired) electrons. The number of hydrogen-bond donors (Lipinski definition) is 2. The Morgan fingerprint density at radius 3 is 2.82 bits per heavy atom. The van der Waals surface area contributed by atoms with E-state index in [4.69, 9.17) is 9.84 Å². The normalized spacial score (nSPS) is 13.5. The first-order chi connectivity index (χ1) is 10.2. The van der Waals surface area contributed by atoms with Crippen LogP contribution in [0.15, 0.2) is 18.2 Å². The van der Waals surface area contributed by atoms with E-state index in [2.05, 4.69) is 5.32 Å². The molecule has 0 saturated heterocycles. The highest BCUT2D eigenvalue weighted by atomic mass is 35.5. The Balaban J connectivity index is 0.00000242. The number of aliphatic hydroxyl groups is 1. The molecule has 0 bridgehead atoms. The first kappa shape index (κ1) is 18.7. The van der Waals surface area contributed by atoms with E-state index in [1.165, 1.54) is 0 Å². The molecule has 22 heavy (non-hydrogen) atoms. The predicted octanol–water partition coefficient (Wildman–Crippen LogP) is 1.76. The van der Waals surface area contributed by atoms with E-state index in [9.17, 15) is 4.79 Å². The van der Waals surface area contributed by atoms with Crippen molar-refractivity contribution in [1.29, 1.82) is 0 Å². The van der Waals surface area contributed by atoms with Gasteiger partial charge in [0.15, 0.2) is 0 Å². The Morgan fingerprint density at radius 2 is 2.05 bits per heavy atom. The molecule has 1 heterocycles. The number of amides is 1. The number of anilines is 1. The van der Waals surface area contributed by atoms with Crippen LogP contribution in [-0.2, 0) is 11.2 Å². The van der Waals surface area contributed by atoms with Crippen molar-refractivity contribution in [2.75, 3.05) is 38.3 Å². The largest absolute Gasteiger partial charge is 0.493 e. The van der Waals surface area contributed by atoms with Gasteiger partial charge in [0.25, 0.3) is 0 Å². The number of fused-ring (bicyclic) bond motifs is 1. The molecule has 2 rings (SSSR count). The molecule has 0 spiro atoms. The monoisotopic (exact) mass is 328 g/mol. The molecule has 0 aliphatic carbocycles. The maximum Gasteiger partial charge on any atom is 0.227 e. The van der Waals surface area contributed by atoms with E-state index in [1.54, 1.807) is 4.90 Å². The molecule has 1 aromatic rings. The second kappa shape index (κ2) is 9.66. The molecule has 124 valence electrons. The zero-order chi connectivity index (χ0) is 15.1. The third-order valence-corrected chi connectivity index (χ3v) is 3.70. The number of ether oxygens (including phenoxy) is 1. The maximum atomic E-state index is 11.7. The van der Waals surface area contributed by atoms with Crippen LogP contribution in [0, 0.1) is 0 Å². The van der Waals surface area contributed by atoms with Gasteiger partial charge in [-0.2, -0.15) is 0 Å². The minimum Gasteiger partial charge on any atom is -0.493 e. The van der Waals surface area contributed by atoms with Gasteiger partial charge in [0.2, 0.25) is 5.91 Å². The first-order valence-corrected chi connectivity index (χ1v) is 7.57. The SMILES string of the molecule is CN1C(=O)CCc2c(OCCCNCCCO)cccc21.Cl. The molecule has 2 N–H and O–H groups in total. The van der Waals surface area contributed by atoms with Gasteiger partial charge in [0, 0.05) is 25.6 Å². The summed E-state index contributed by atoms with van der Waals surface area (Å²) in [6.07, 6.45) is 3.01. The van der Waals surface area contributed by atoms with Crippen molar-refractivity contribution in [3.63, 3.8) is 0 Å². The van der Waals surface area contributed by atoms with Crippen LogP contribution in [0.2, 0.25) is 0 Å². The number of nitrogens with one attached hydrogen (secondary N) is 1. The van der Waals surface area contributed by atoms with Crippen molar-refractivity contribution in [3.05, 3.63) is 23.8 Å². The standard InChI is InChI=1S/C16H24N2O3.ClH/c1-18-14-5-2-6-15(13(14)7-8-16(18)20)21-12-4-10-17-9-3-11-19;/h2,5-6,17,19H,3-4,7-12H2,1H3;1H. The van der Waals surface area contributed by atoms with Crippen LogP contribution in [0.1, 0.15) is 24.8 Å². The summed E-state index contributed by atoms with van der Waals surface area (Å²) in [5.41, 5.74) is 2.10. The van der Waals surface area contributed by atoms with Crippen LogP contribution in [0.5, 0.6) is 5.75 Å². The quantitative estimate of drug-likeness (QED) is 0.714. The van der Waals surface area contributed by atoms with Crippen molar-refractivity contribution in [1.82, 2.24) is 5.32 Å². The molecule has 1 amide bonds. The predicted molar refractivity (Wildman–Crippen MR) is 90.1 cm³/mol. The number of benzene rings is 1. The van der Waals surface area contributed by atoms with Gasteiger partial charge in [-0.15, -0.1) is 12.4 Å². The van der Waals surface area contributed by atoms with Crippen LogP contribution in [0.3, 0.4) is 0 Å². The molecule has 1 aromatic carbocycles. The summed E-state index contributed by atoms with van der Waals surface area (Å²) in [6.45, 7) is 2.60. The highest BCUT2D eigenvalue weighted by Crippen LogP contribution is 2.33. The van der Waals surface area contributed by atoms with E-state index in [1.807, 2.05) is 25.2 Å². The minimum absolute atomic E-state index is 0. The van der Waals surface area contributed by atoms with Crippen LogP contribution in [-0.4, -0.2) is 44.4 Å². The Kier molecular flexibility index (Phi) is 8.24. The van der Waals surface area contributed by atoms with Crippen molar-refractivity contribution < 1.29 is 14.6 Å². The van der Waals surface area contributed by atoms with Gasteiger partial charge in [-0.05, 0) is 44.5 Å². The topological polar surface area (TPSA) is 61.8 Å². The lowest BCUT2D eigenvalue weighted by atomic mass is 10.0. The van der Waals surface area contributed by atoms with Crippen molar-refractivity contribution in [3.8, 4) is 5.75 Å². The van der Waals surface area contributed by atoms with E-state index < -0.39 is 0 Å². The zero-order valence-electron chi connectivity index (χ0n) is 13.0. The zero-order valence-corrected chi connectivity index (χ0v) is 13.8. The molecular weight excluding hydrogens is 304 g/mol. The summed E-state index contributed by atoms with van der Waals surface area (Å²) in [5, 5.41) is 11.9. The highest BCUT2D eigenvalue weighted by Gasteiger charge is 2.23. The van der Waals surface area contributed by atoms with Gasteiger partial charge < -0.3 is 20.1 Å². The summed E-state index contributed by atoms with van der Waals surface area (Å²) >= 11 is 0. The Hall–Kier alpha value is -1.30. The van der Waals surface area contributed by atoms with E-state index in [0.717, 1.165) is 49.4 Å². The molecule has 0 aromatic heterocycles. The fraction of sp³-hybridized carbons (Fsp3) is 0.562. The van der Waals surface area contributed by atoms with Crippen LogP contribution >= 0.6 is 12.4 Å². The van der Waals surface area contributed by atoms with E-state index in [0.29, 0.717) is 13.0 Å². The molecular formula is C16H25ClN2O3. The molecule has 5 nitrogen and oxygen atoms in total. The minimum atomic E-state index is 0. The smallest absolute Gasteiger partial charge is 0.227 e. The fourth-order valence-electron chi connectivity index (χ4n) is 2.50. The summed E-state index contributed by atoms with van der Waals surface area (Å²) in [6, 6.07) is 5.88. The second-order valence-electron chi connectivity index (χ2n) is 5.24. The maximum absolute atomic E-state index is 11.7. The van der Waals surface area contributed by atoms with Crippen molar-refractivity contribution >= 4 is 24.0 Å². The van der Waals surface area contributed by atoms with Gasteiger partial charge >= 0.3 is 0 Å². The van der Waals surface area contributed by atoms with Crippen LogP contribution in [0.4, 0.5) is 5.69 Å². The number of nitrogens with zero attached hydrogens (tertiary/aromatic N) is 1. The lowest BCUT2D eigenvalue weighted by Gasteiger charge is -2.27. The number of carbonyl (C=O) groups is 1. The third-order valence-electron chi connectivity index (χ3n) is 3.70. The second-order valence-corrected chi connectivity index (χ2v) is 5.24. The van der Waals surface area contributed by atoms with Gasteiger partial charge in [-0.3, -0.25) is 4.79 Å². The fourth-order valence-corrected chi connectivity index (χ4v) is 2.50. The average molecular weight is 329 g/mol. The van der Waals surface area contributed by atoms with Crippen LogP contribution < -0.4 is 15.0 Å². The third kappa shape index (κ3) is 4.87. The number of rotatable bonds is 8. The summed E-state index contributed by atoms with van der Waals surface area (Å²) < 4.78 is 5.87. The van der Waals surface area contributed by atoms with Gasteiger partial charge in [0.1, 0.15) is 5.75 Å². The molecule has 0 atom stereocenters. The molecule has 1 aliphatic rings. The summed E-state index contributed by atoms with van der Waals surface area (Å²) in [7, 11) is 1.81. The van der Waals surface area contributed by atoms with Gasteiger partial charge in [0.05, 0.1) is 12.3 Å². The average Bonchev–Trinajstić information content (AvgIpc) is 2.50. The first-order valence-electron chi connectivity index (χ1n) is 7.57. The van der Waals surface area contributed by atoms with Crippen molar-refractivity contribution in [2.45, 2.75) is 25.7 Å². The molecule has 0 unspecified atom stereocenters. The number of aliphatic hydroxyl groups excluding tert-OH is 1. The molecule has 0 fully saturated rings. The van der Waals surface area contributed by atoms with Gasteiger partial charge in [-0.1, -0.05) is 6.07 Å². The van der Waals surface area contributed by atoms with E-state index in [-0.39, 0.29) is 24.9 Å². The van der Waals surface area contributed by atoms with Gasteiger partial charge in [-0.25, -0.2) is 0 Å². The van der Waals surface area contributed by atoms with Crippen LogP contribution in [0.25, 0.3) is 0 Å². The molecule has 1 aliphatic heterocycles. The number of carbonyl (C=O) groups excluding carboxylic acids is 1. The Bertz CT molecular complexity index is 482. The molecule has 0 saturated carbocycles. The summed E-state index contributed by atoms with van der Waals surface area (Å²) in [4.78, 5) is 13.4. The Morgan fingerprint density at radius 1 is 1.27 bits per heavy atom. The summed E-state index contributed by atoms with van der Waals surface area (Å²) in [5.74, 6) is 1.05. The van der Waals surface area contributed by atoms with E-state index >= 15 is 0 Å². The number of halogens is 1. The highest BCUT2D eigenvalue weighted by molar-refractivity contribution is 5.96. The van der Waals surface area contributed by atoms with Crippen molar-refractivity contribution in [2.24, 2.45) is 0 Å². The lowest BCUT2D eigenvalue weighted by Crippen LogP contribution is -2.31. The Labute approximate surface area is 138 Å².